The molecular weight excluding hydrogens is 392 g/mol. The molecule has 1 aliphatic rings. The molecule has 2 aromatic rings. The van der Waals surface area contributed by atoms with Crippen LogP contribution in [0.1, 0.15) is 18.4 Å². The fourth-order valence-electron chi connectivity index (χ4n) is 3.49. The number of thioether (sulfide) groups is 1. The minimum absolute atomic E-state index is 0.0882. The van der Waals surface area contributed by atoms with E-state index >= 15 is 0 Å². The molecule has 28 heavy (non-hydrogen) atoms. The summed E-state index contributed by atoms with van der Waals surface area (Å²) < 4.78 is 27.2. The number of nitrogens with zero attached hydrogens (tertiary/aromatic N) is 2. The molecule has 7 heteroatoms. The van der Waals surface area contributed by atoms with Gasteiger partial charge in [0.1, 0.15) is 0 Å². The van der Waals surface area contributed by atoms with E-state index in [0.717, 1.165) is 10.5 Å². The van der Waals surface area contributed by atoms with Gasteiger partial charge in [-0.3, -0.25) is 4.79 Å². The number of carbonyl (C=O) groups excluding carboxylic acids is 1. The van der Waals surface area contributed by atoms with Gasteiger partial charge in [-0.15, -0.1) is 11.8 Å². The third kappa shape index (κ3) is 4.77. The summed E-state index contributed by atoms with van der Waals surface area (Å²) in [5.41, 5.74) is 1.09. The highest BCUT2D eigenvalue weighted by molar-refractivity contribution is 7.98. The van der Waals surface area contributed by atoms with Gasteiger partial charge in [-0.25, -0.2) is 8.42 Å². The molecule has 2 aromatic carbocycles. The summed E-state index contributed by atoms with van der Waals surface area (Å²) in [4.78, 5) is 15.8. The van der Waals surface area contributed by atoms with Crippen molar-refractivity contribution in [3.8, 4) is 0 Å². The molecule has 150 valence electrons. The van der Waals surface area contributed by atoms with E-state index < -0.39 is 10.0 Å². The Balaban J connectivity index is 1.59. The Kier molecular flexibility index (Phi) is 6.80. The molecule has 0 radical (unpaired) electrons. The van der Waals surface area contributed by atoms with Crippen molar-refractivity contribution in [2.24, 2.45) is 5.92 Å². The number of rotatable bonds is 6. The van der Waals surface area contributed by atoms with Crippen molar-refractivity contribution >= 4 is 27.7 Å². The molecule has 0 unspecified atom stereocenters. The lowest BCUT2D eigenvalue weighted by Gasteiger charge is -2.32. The first-order valence-electron chi connectivity index (χ1n) is 9.35. The second kappa shape index (κ2) is 9.11. The van der Waals surface area contributed by atoms with Crippen LogP contribution in [0, 0.1) is 5.92 Å². The molecule has 0 aromatic heterocycles. The van der Waals surface area contributed by atoms with E-state index in [9.17, 15) is 13.2 Å². The molecule has 0 spiro atoms. The van der Waals surface area contributed by atoms with Gasteiger partial charge in [-0.2, -0.15) is 4.31 Å². The van der Waals surface area contributed by atoms with Crippen LogP contribution >= 0.6 is 11.8 Å². The molecule has 0 aliphatic carbocycles. The minimum atomic E-state index is -3.51. The third-order valence-electron chi connectivity index (χ3n) is 5.14. The molecule has 0 bridgehead atoms. The van der Waals surface area contributed by atoms with E-state index in [1.165, 1.54) is 4.31 Å². The lowest BCUT2D eigenvalue weighted by molar-refractivity contribution is -0.135. The molecule has 0 N–H and O–H groups in total. The van der Waals surface area contributed by atoms with Crippen molar-refractivity contribution in [3.05, 3.63) is 60.2 Å². The number of piperidine rings is 1. The number of hydrogen-bond acceptors (Lipinski definition) is 4. The number of hydrogen-bond donors (Lipinski definition) is 0. The normalized spacial score (nSPS) is 16.1. The highest BCUT2D eigenvalue weighted by Crippen LogP contribution is 2.26. The summed E-state index contributed by atoms with van der Waals surface area (Å²) in [6.45, 7) is 1.32. The lowest BCUT2D eigenvalue weighted by Crippen LogP contribution is -2.43. The van der Waals surface area contributed by atoms with Crippen LogP contribution in [0.25, 0.3) is 0 Å². The third-order valence-corrected chi connectivity index (χ3v) is 7.80. The maximum atomic E-state index is 12.9. The maximum Gasteiger partial charge on any atom is 0.243 e. The molecule has 1 heterocycles. The zero-order valence-electron chi connectivity index (χ0n) is 16.2. The first-order valence-corrected chi connectivity index (χ1v) is 12.0. The van der Waals surface area contributed by atoms with Crippen molar-refractivity contribution in [2.45, 2.75) is 29.2 Å². The van der Waals surface area contributed by atoms with Crippen LogP contribution in [0.2, 0.25) is 0 Å². The Morgan fingerprint density at radius 2 is 1.68 bits per heavy atom. The van der Waals surface area contributed by atoms with Gasteiger partial charge in [-0.1, -0.05) is 30.3 Å². The average Bonchev–Trinajstić information content (AvgIpc) is 2.74. The quantitative estimate of drug-likeness (QED) is 0.674. The molecule has 0 saturated carbocycles. The van der Waals surface area contributed by atoms with Crippen LogP contribution in [-0.4, -0.2) is 49.9 Å². The van der Waals surface area contributed by atoms with E-state index in [1.54, 1.807) is 28.8 Å². The predicted molar refractivity (Wildman–Crippen MR) is 113 cm³/mol. The first-order chi connectivity index (χ1) is 13.4. The SMILES string of the molecule is CSc1ccc(S(=O)(=O)N2CCC(C(=O)N(C)Cc3ccccc3)CC2)cc1. The highest BCUT2D eigenvalue weighted by Gasteiger charge is 2.33. The molecule has 1 amide bonds. The van der Waals surface area contributed by atoms with Crippen LogP contribution in [0.4, 0.5) is 0 Å². The topological polar surface area (TPSA) is 57.7 Å². The van der Waals surface area contributed by atoms with Gasteiger partial charge in [-0.05, 0) is 48.9 Å². The first kappa shape index (κ1) is 20.9. The number of sulfonamides is 1. The molecule has 5 nitrogen and oxygen atoms in total. The van der Waals surface area contributed by atoms with Crippen LogP contribution in [0.5, 0.6) is 0 Å². The van der Waals surface area contributed by atoms with E-state index in [0.29, 0.717) is 37.4 Å². The van der Waals surface area contributed by atoms with E-state index in [2.05, 4.69) is 0 Å². The Morgan fingerprint density at radius 1 is 1.07 bits per heavy atom. The Bertz CT molecular complexity index is 891. The van der Waals surface area contributed by atoms with Gasteiger partial charge >= 0.3 is 0 Å². The number of amides is 1. The Hall–Kier alpha value is -1.83. The maximum absolute atomic E-state index is 12.9. The summed E-state index contributed by atoms with van der Waals surface area (Å²) >= 11 is 1.58. The van der Waals surface area contributed by atoms with Crippen molar-refractivity contribution in [3.63, 3.8) is 0 Å². The number of carbonyl (C=O) groups is 1. The van der Waals surface area contributed by atoms with Crippen LogP contribution in [0.3, 0.4) is 0 Å². The van der Waals surface area contributed by atoms with Crippen LogP contribution in [0.15, 0.2) is 64.4 Å². The van der Waals surface area contributed by atoms with E-state index in [-0.39, 0.29) is 11.8 Å². The van der Waals surface area contributed by atoms with E-state index in [1.807, 2.05) is 55.8 Å². The molecule has 0 atom stereocenters. The van der Waals surface area contributed by atoms with Gasteiger partial charge in [0.2, 0.25) is 15.9 Å². The van der Waals surface area contributed by atoms with Gasteiger partial charge < -0.3 is 4.90 Å². The fourth-order valence-corrected chi connectivity index (χ4v) is 5.36. The summed E-state index contributed by atoms with van der Waals surface area (Å²) in [7, 11) is -1.69. The minimum Gasteiger partial charge on any atom is -0.341 e. The Labute approximate surface area is 171 Å². The fraction of sp³-hybridized carbons (Fsp3) is 0.381. The van der Waals surface area contributed by atoms with Crippen LogP contribution < -0.4 is 0 Å². The molecule has 3 rings (SSSR count). The lowest BCUT2D eigenvalue weighted by atomic mass is 9.96. The standard InChI is InChI=1S/C21H26N2O3S2/c1-22(16-17-6-4-3-5-7-17)21(24)18-12-14-23(15-13-18)28(25,26)20-10-8-19(27-2)9-11-20/h3-11,18H,12-16H2,1-2H3. The molecule has 1 saturated heterocycles. The average molecular weight is 419 g/mol. The van der Waals surface area contributed by atoms with Gasteiger partial charge in [0, 0.05) is 37.5 Å². The van der Waals surface area contributed by atoms with Crippen molar-refractivity contribution < 1.29 is 13.2 Å². The molecule has 1 aliphatic heterocycles. The highest BCUT2D eigenvalue weighted by atomic mass is 32.2. The Morgan fingerprint density at radius 3 is 2.25 bits per heavy atom. The zero-order valence-corrected chi connectivity index (χ0v) is 17.9. The summed E-state index contributed by atoms with van der Waals surface area (Å²) in [6, 6.07) is 16.8. The van der Waals surface area contributed by atoms with Crippen molar-refractivity contribution in [1.82, 2.24) is 9.21 Å². The van der Waals surface area contributed by atoms with Crippen molar-refractivity contribution in [2.75, 3.05) is 26.4 Å². The van der Waals surface area contributed by atoms with Crippen LogP contribution in [-0.2, 0) is 21.4 Å². The smallest absolute Gasteiger partial charge is 0.243 e. The number of benzene rings is 2. The second-order valence-electron chi connectivity index (χ2n) is 7.03. The summed E-state index contributed by atoms with van der Waals surface area (Å²) in [5.74, 6) is -0.0377. The monoisotopic (exact) mass is 418 g/mol. The van der Waals surface area contributed by atoms with E-state index in [4.69, 9.17) is 0 Å². The predicted octanol–water partition coefficient (Wildman–Crippen LogP) is 3.47. The van der Waals surface area contributed by atoms with Gasteiger partial charge in [0.05, 0.1) is 4.90 Å². The van der Waals surface area contributed by atoms with Crippen molar-refractivity contribution in [1.29, 1.82) is 0 Å². The zero-order chi connectivity index (χ0) is 20.1. The summed E-state index contributed by atoms with van der Waals surface area (Å²) in [5, 5.41) is 0. The summed E-state index contributed by atoms with van der Waals surface area (Å²) in [6.07, 6.45) is 3.07. The van der Waals surface area contributed by atoms with Gasteiger partial charge in [0.15, 0.2) is 0 Å². The molecule has 1 fully saturated rings. The largest absolute Gasteiger partial charge is 0.341 e. The van der Waals surface area contributed by atoms with Gasteiger partial charge in [0.25, 0.3) is 0 Å². The molecular formula is C21H26N2O3S2. The second-order valence-corrected chi connectivity index (χ2v) is 9.85.